The second-order valence-electron chi connectivity index (χ2n) is 30.0. The maximum absolute atomic E-state index is 11.9. The number of hydrogen-bond acceptors (Lipinski definition) is 23. The van der Waals surface area contributed by atoms with Gasteiger partial charge in [-0.25, -0.2) is 49.8 Å². The molecule has 0 aliphatic rings. The summed E-state index contributed by atoms with van der Waals surface area (Å²) in [5.41, 5.74) is 19.1. The number of pyridine rings is 8. The van der Waals surface area contributed by atoms with Crippen LogP contribution in [-0.4, -0.2) is 97.3 Å². The lowest BCUT2D eigenvalue weighted by molar-refractivity contribution is -0.115. The third-order valence-electron chi connectivity index (χ3n) is 20.8. The SMILES string of the molecule is CC(=O)Nc1ccc(-c2nc(NCc3ccccn3)c3c(-c4ccccc4)cccc3n2)cn1.CC(=O)Nc1ccc(-c2nc(NCc3ccccn3)c3c(-c4ccccc4)cccc3n2)cn1.CC(=O)c1cncc(-c2nc(NCc3ccccn3)c3c(-c4ccccc4)cccc3n2)c1.c1ccc(-c2cccc3nc(-c4ccccn4)nc(NCc4ccccn4)c23)cc1. The molecule has 12 heterocycles. The fourth-order valence-corrected chi connectivity index (χ4v) is 14.7. The van der Waals surface area contributed by atoms with Gasteiger partial charge < -0.3 is 31.9 Å². The number of Topliss-reactive ketones (excluding diaryl/α,β-unsaturated/α-hetero) is 1. The number of carbonyl (C=O) groups excluding carboxylic acids is 3. The van der Waals surface area contributed by atoms with Crippen molar-refractivity contribution in [2.24, 2.45) is 0 Å². The van der Waals surface area contributed by atoms with Gasteiger partial charge in [-0.15, -0.1) is 0 Å². The Morgan fingerprint density at radius 3 is 0.847 bits per heavy atom. The highest BCUT2D eigenvalue weighted by atomic mass is 16.2. The number of aromatic nitrogens is 16. The molecule has 0 bridgehead atoms. The molecule has 2 amide bonds. The number of ketones is 1. The molecule has 20 rings (SSSR count). The van der Waals surface area contributed by atoms with Gasteiger partial charge in [0.25, 0.3) is 0 Å². The molecule has 0 spiro atoms. The van der Waals surface area contributed by atoms with Crippen LogP contribution in [0.1, 0.15) is 53.9 Å². The Hall–Kier alpha value is -17.9. The summed E-state index contributed by atoms with van der Waals surface area (Å²) in [4.78, 5) is 108. The van der Waals surface area contributed by atoms with Crippen LogP contribution in [0.5, 0.6) is 0 Å². The minimum Gasteiger partial charge on any atom is -0.364 e. The van der Waals surface area contributed by atoms with Gasteiger partial charge in [-0.1, -0.05) is 200 Å². The molecule has 0 atom stereocenters. The normalized spacial score (nSPS) is 10.8. The highest BCUT2D eigenvalue weighted by Crippen LogP contribution is 2.40. The topological polar surface area (TPSA) is 330 Å². The lowest BCUT2D eigenvalue weighted by atomic mass is 10.0. The van der Waals surface area contributed by atoms with Crippen LogP contribution in [0.2, 0.25) is 0 Å². The average Bonchev–Trinajstić information content (AvgIpc) is 0.781. The van der Waals surface area contributed by atoms with Crippen molar-refractivity contribution in [1.29, 1.82) is 0 Å². The van der Waals surface area contributed by atoms with E-state index >= 15 is 0 Å². The van der Waals surface area contributed by atoms with Gasteiger partial charge in [0.2, 0.25) is 11.8 Å². The lowest BCUT2D eigenvalue weighted by Gasteiger charge is -2.14. The number of carbonyl (C=O) groups is 3. The van der Waals surface area contributed by atoms with Gasteiger partial charge in [-0.2, -0.15) is 0 Å². The van der Waals surface area contributed by atoms with E-state index in [0.29, 0.717) is 78.1 Å². The van der Waals surface area contributed by atoms with E-state index in [9.17, 15) is 14.4 Å². The molecule has 0 aliphatic carbocycles. The first-order chi connectivity index (χ1) is 64.4. The Bertz CT molecular complexity index is 7120. The Balaban J connectivity index is 0.000000122. The molecule has 12 aromatic heterocycles. The van der Waals surface area contributed by atoms with Gasteiger partial charge in [0.1, 0.15) is 40.6 Å². The van der Waals surface area contributed by atoms with Crippen LogP contribution in [0.3, 0.4) is 0 Å². The van der Waals surface area contributed by atoms with Gasteiger partial charge in [-0.3, -0.25) is 44.3 Å². The average molecular weight is 1710 g/mol. The Kier molecular flexibility index (Phi) is 26.9. The van der Waals surface area contributed by atoms with E-state index in [2.05, 4.69) is 145 Å². The number of amides is 2. The minimum absolute atomic E-state index is 0.0509. The van der Waals surface area contributed by atoms with E-state index in [1.165, 1.54) is 20.8 Å². The van der Waals surface area contributed by atoms with E-state index in [4.69, 9.17) is 39.9 Å². The van der Waals surface area contributed by atoms with Crippen molar-refractivity contribution >= 4 is 96.1 Å². The monoisotopic (exact) mass is 1710 g/mol. The molecule has 6 N–H and O–H groups in total. The van der Waals surface area contributed by atoms with Crippen molar-refractivity contribution in [3.05, 3.63) is 400 Å². The zero-order valence-electron chi connectivity index (χ0n) is 71.4. The summed E-state index contributed by atoms with van der Waals surface area (Å²) in [5, 5.41) is 23.0. The van der Waals surface area contributed by atoms with Gasteiger partial charge in [0.05, 0.1) is 92.6 Å². The van der Waals surface area contributed by atoms with Crippen LogP contribution in [-0.2, 0) is 35.8 Å². The smallest absolute Gasteiger partial charge is 0.222 e. The van der Waals surface area contributed by atoms with Crippen molar-refractivity contribution in [3.8, 4) is 90.2 Å². The second-order valence-corrected chi connectivity index (χ2v) is 30.0. The summed E-state index contributed by atoms with van der Waals surface area (Å²) in [6.45, 7) is 6.55. The highest BCUT2D eigenvalue weighted by Gasteiger charge is 2.22. The zero-order chi connectivity index (χ0) is 89.5. The molecule has 25 nitrogen and oxygen atoms in total. The molecular formula is C106H84N22O3. The van der Waals surface area contributed by atoms with Crippen LogP contribution < -0.4 is 31.9 Å². The van der Waals surface area contributed by atoms with E-state index in [1.807, 2.05) is 224 Å². The van der Waals surface area contributed by atoms with Crippen LogP contribution >= 0.6 is 0 Å². The minimum atomic E-state index is -0.170. The van der Waals surface area contributed by atoms with Crippen molar-refractivity contribution in [3.63, 3.8) is 0 Å². The van der Waals surface area contributed by atoms with Gasteiger partial charge in [0.15, 0.2) is 29.1 Å². The first-order valence-electron chi connectivity index (χ1n) is 42.3. The predicted octanol–water partition coefficient (Wildman–Crippen LogP) is 21.6. The van der Waals surface area contributed by atoms with Gasteiger partial charge in [-0.05, 0) is 167 Å². The van der Waals surface area contributed by atoms with Crippen molar-refractivity contribution in [2.45, 2.75) is 47.0 Å². The van der Waals surface area contributed by atoms with Crippen LogP contribution in [0.4, 0.5) is 34.9 Å². The number of benzene rings is 8. The van der Waals surface area contributed by atoms with Crippen LogP contribution in [0.15, 0.2) is 371 Å². The fraction of sp³-hybridized carbons (Fsp3) is 0.0660. The van der Waals surface area contributed by atoms with Crippen molar-refractivity contribution in [2.75, 3.05) is 31.9 Å². The van der Waals surface area contributed by atoms with E-state index < -0.39 is 0 Å². The van der Waals surface area contributed by atoms with Crippen molar-refractivity contribution in [1.82, 2.24) is 79.7 Å². The number of nitrogens with zero attached hydrogens (tertiary/aromatic N) is 16. The molecule has 131 heavy (non-hydrogen) atoms. The number of fused-ring (bicyclic) bond motifs is 4. The molecule has 0 fully saturated rings. The second kappa shape index (κ2) is 41.3. The summed E-state index contributed by atoms with van der Waals surface area (Å²) in [7, 11) is 0. The summed E-state index contributed by atoms with van der Waals surface area (Å²) in [6.07, 6.45) is 15.4. The van der Waals surface area contributed by atoms with Gasteiger partial charge in [0, 0.05) is 91.9 Å². The molecule has 636 valence electrons. The number of hydrogen-bond donors (Lipinski definition) is 6. The molecular weight excluding hydrogens is 1630 g/mol. The fourth-order valence-electron chi connectivity index (χ4n) is 14.7. The summed E-state index contributed by atoms with van der Waals surface area (Å²) < 4.78 is 0. The molecule has 0 unspecified atom stereocenters. The molecule has 20 aromatic rings. The number of nitrogens with one attached hydrogen (secondary N) is 6. The first kappa shape index (κ1) is 85.3. The largest absolute Gasteiger partial charge is 0.364 e. The molecule has 8 aromatic carbocycles. The Morgan fingerprint density at radius 2 is 0.557 bits per heavy atom. The lowest BCUT2D eigenvalue weighted by Crippen LogP contribution is -2.07. The summed E-state index contributed by atoms with van der Waals surface area (Å²) >= 11 is 0. The van der Waals surface area contributed by atoms with E-state index in [-0.39, 0.29) is 17.6 Å². The van der Waals surface area contributed by atoms with E-state index in [1.54, 1.807) is 74.0 Å². The van der Waals surface area contributed by atoms with Gasteiger partial charge >= 0.3 is 0 Å². The molecule has 0 aliphatic heterocycles. The molecule has 0 radical (unpaired) electrons. The number of anilines is 6. The summed E-state index contributed by atoms with van der Waals surface area (Å²) in [5.74, 6) is 5.67. The van der Waals surface area contributed by atoms with Crippen LogP contribution in [0.25, 0.3) is 134 Å². The van der Waals surface area contributed by atoms with Crippen LogP contribution in [0, 0.1) is 0 Å². The van der Waals surface area contributed by atoms with E-state index in [0.717, 1.165) is 145 Å². The maximum Gasteiger partial charge on any atom is 0.222 e. The summed E-state index contributed by atoms with van der Waals surface area (Å²) in [6, 6.07) is 103. The highest BCUT2D eigenvalue weighted by molar-refractivity contribution is 6.06. The Morgan fingerprint density at radius 1 is 0.252 bits per heavy atom. The Labute approximate surface area is 754 Å². The number of rotatable bonds is 23. The van der Waals surface area contributed by atoms with Crippen molar-refractivity contribution < 1.29 is 14.4 Å². The third-order valence-corrected chi connectivity index (χ3v) is 20.8. The third kappa shape index (κ3) is 21.4. The quantitative estimate of drug-likeness (QED) is 0.0324. The predicted molar refractivity (Wildman–Crippen MR) is 518 cm³/mol. The standard InChI is InChI=1S/2C27H22N6O.C27H21N5O.C25H19N5/c2*1-18(34)31-24-14-13-20(16-29-24)26-32-23-12-7-11-22(19-8-3-2-4-9-19)25(23)27(33-26)30-17-21-10-5-6-15-28-21;1-18(33)20-14-21(16-28-15-20)26-31-24-12-7-11-23(19-8-3-2-4-9-19)25(24)27(32-26)30-17-22-10-5-6-13-29-22;1-2-9-18(10-3-1)20-12-8-14-21-23(20)25(28-17-19-11-4-6-15-26-19)30-24(29-21)22-13-5-7-16-27-22/h2*2-16H,17H2,1H3,(H,29,31,34)(H,30,32,33);2-16H,17H2,1H3,(H,30,31,32);1-16H,17H2,(H,28,29,30). The zero-order valence-corrected chi connectivity index (χ0v) is 71.4. The first-order valence-corrected chi connectivity index (χ1v) is 42.3. The molecule has 0 saturated carbocycles. The molecule has 25 heteroatoms. The maximum atomic E-state index is 11.9. The molecule has 0 saturated heterocycles.